The van der Waals surface area contributed by atoms with Gasteiger partial charge in [0.15, 0.2) is 0 Å². The fourth-order valence-electron chi connectivity index (χ4n) is 3.93. The van der Waals surface area contributed by atoms with Crippen LogP contribution in [0.25, 0.3) is 0 Å². The van der Waals surface area contributed by atoms with Crippen LogP contribution in [0.1, 0.15) is 44.1 Å². The van der Waals surface area contributed by atoms with Crippen LogP contribution in [-0.2, 0) is 6.54 Å². The molecule has 1 aromatic rings. The topological polar surface area (TPSA) is 12.5 Å². The molecule has 2 fully saturated rings. The van der Waals surface area contributed by atoms with Gasteiger partial charge in [-0.1, -0.05) is 25.0 Å². The van der Waals surface area contributed by atoms with Gasteiger partial charge in [-0.05, 0) is 55.8 Å². The summed E-state index contributed by atoms with van der Waals surface area (Å²) in [5.41, 5.74) is 1.39. The van der Waals surface area contributed by atoms with E-state index in [0.717, 1.165) is 24.3 Å². The molecule has 0 radical (unpaired) electrons. The third kappa shape index (κ3) is 2.94. The minimum absolute atomic E-state index is 0.841. The molecule has 1 aliphatic carbocycles. The Morgan fingerprint density at radius 1 is 1.16 bits per heavy atom. The van der Waals surface area contributed by atoms with Crippen LogP contribution in [0, 0.1) is 5.92 Å². The van der Waals surface area contributed by atoms with E-state index in [-0.39, 0.29) is 0 Å². The molecule has 1 heterocycles. The Hall–Kier alpha value is -1.02. The highest BCUT2D eigenvalue weighted by Gasteiger charge is 2.32. The summed E-state index contributed by atoms with van der Waals surface area (Å²) in [6.45, 7) is 2.37. The predicted octanol–water partition coefficient (Wildman–Crippen LogP) is 3.85. The van der Waals surface area contributed by atoms with Crippen molar-refractivity contribution < 1.29 is 4.74 Å². The van der Waals surface area contributed by atoms with Gasteiger partial charge in [-0.15, -0.1) is 0 Å². The number of methoxy groups -OCH3 is 1. The maximum absolute atomic E-state index is 5.33. The number of rotatable bonds is 3. The molecule has 2 aliphatic rings. The molecule has 2 atom stereocenters. The van der Waals surface area contributed by atoms with Crippen molar-refractivity contribution in [1.82, 2.24) is 4.90 Å². The molecule has 1 saturated carbocycles. The normalized spacial score (nSPS) is 27.8. The quantitative estimate of drug-likeness (QED) is 0.817. The number of likely N-dealkylation sites (tertiary alicyclic amines) is 1. The summed E-state index contributed by atoms with van der Waals surface area (Å²) in [5.74, 6) is 1.95. The van der Waals surface area contributed by atoms with Crippen LogP contribution < -0.4 is 4.74 Å². The van der Waals surface area contributed by atoms with Gasteiger partial charge < -0.3 is 4.74 Å². The second-order valence-electron chi connectivity index (χ2n) is 6.08. The van der Waals surface area contributed by atoms with E-state index >= 15 is 0 Å². The second kappa shape index (κ2) is 5.96. The highest BCUT2D eigenvalue weighted by atomic mass is 16.5. The standard InChI is InChI=1S/C17H25NO/c1-19-16-9-4-6-14(12-16)13-18-11-5-8-15-7-2-3-10-17(15)18/h4,6,9,12,15,17H,2-3,5,7-8,10-11,13H2,1H3. The van der Waals surface area contributed by atoms with Gasteiger partial charge in [0.05, 0.1) is 7.11 Å². The van der Waals surface area contributed by atoms with E-state index in [0.29, 0.717) is 0 Å². The van der Waals surface area contributed by atoms with Gasteiger partial charge in [-0.3, -0.25) is 4.90 Å². The fourth-order valence-corrected chi connectivity index (χ4v) is 3.93. The van der Waals surface area contributed by atoms with Crippen molar-refractivity contribution >= 4 is 0 Å². The van der Waals surface area contributed by atoms with Gasteiger partial charge in [0, 0.05) is 12.6 Å². The van der Waals surface area contributed by atoms with E-state index in [9.17, 15) is 0 Å². The largest absolute Gasteiger partial charge is 0.497 e. The molecule has 3 rings (SSSR count). The Kier molecular flexibility index (Phi) is 4.07. The molecule has 0 bridgehead atoms. The minimum atomic E-state index is 0.841. The summed E-state index contributed by atoms with van der Waals surface area (Å²) in [6, 6.07) is 9.40. The first-order valence-electron chi connectivity index (χ1n) is 7.74. The molecule has 0 aromatic heterocycles. The zero-order chi connectivity index (χ0) is 13.1. The monoisotopic (exact) mass is 259 g/mol. The minimum Gasteiger partial charge on any atom is -0.497 e. The van der Waals surface area contributed by atoms with Crippen LogP contribution >= 0.6 is 0 Å². The van der Waals surface area contributed by atoms with Crippen LogP contribution in [-0.4, -0.2) is 24.6 Å². The van der Waals surface area contributed by atoms with Crippen molar-refractivity contribution in [3.63, 3.8) is 0 Å². The Morgan fingerprint density at radius 3 is 2.89 bits per heavy atom. The number of piperidine rings is 1. The lowest BCUT2D eigenvalue weighted by atomic mass is 9.78. The van der Waals surface area contributed by atoms with Crippen molar-refractivity contribution in [1.29, 1.82) is 0 Å². The third-order valence-electron chi connectivity index (χ3n) is 4.88. The van der Waals surface area contributed by atoms with Crippen LogP contribution in [0.4, 0.5) is 0 Å². The lowest BCUT2D eigenvalue weighted by molar-refractivity contribution is 0.0546. The second-order valence-corrected chi connectivity index (χ2v) is 6.08. The highest BCUT2D eigenvalue weighted by Crippen LogP contribution is 2.36. The van der Waals surface area contributed by atoms with Crippen LogP contribution in [0.2, 0.25) is 0 Å². The third-order valence-corrected chi connectivity index (χ3v) is 4.88. The summed E-state index contributed by atoms with van der Waals surface area (Å²) in [5, 5.41) is 0. The zero-order valence-corrected chi connectivity index (χ0v) is 12.0. The molecular formula is C17H25NO. The van der Waals surface area contributed by atoms with Gasteiger partial charge in [0.2, 0.25) is 0 Å². The molecule has 19 heavy (non-hydrogen) atoms. The van der Waals surface area contributed by atoms with E-state index in [1.807, 2.05) is 6.07 Å². The van der Waals surface area contributed by atoms with E-state index in [1.54, 1.807) is 7.11 Å². The molecule has 1 aliphatic heterocycles. The molecule has 1 saturated heterocycles. The summed E-state index contributed by atoms with van der Waals surface area (Å²) in [6.07, 6.45) is 8.59. The Labute approximate surface area is 116 Å². The van der Waals surface area contributed by atoms with Crippen LogP contribution in [0.15, 0.2) is 24.3 Å². The number of hydrogen-bond acceptors (Lipinski definition) is 2. The molecular weight excluding hydrogens is 234 g/mol. The molecule has 104 valence electrons. The number of ether oxygens (including phenoxy) is 1. The van der Waals surface area contributed by atoms with E-state index < -0.39 is 0 Å². The van der Waals surface area contributed by atoms with Crippen molar-refractivity contribution in [3.8, 4) is 5.75 Å². The smallest absolute Gasteiger partial charge is 0.119 e. The van der Waals surface area contributed by atoms with Gasteiger partial charge in [0.25, 0.3) is 0 Å². The average Bonchev–Trinajstić information content (AvgIpc) is 2.48. The summed E-state index contributed by atoms with van der Waals surface area (Å²) >= 11 is 0. The molecule has 1 aromatic carbocycles. The van der Waals surface area contributed by atoms with Gasteiger partial charge in [-0.2, -0.15) is 0 Å². The maximum atomic E-state index is 5.33. The lowest BCUT2D eigenvalue weighted by Crippen LogP contribution is -2.46. The number of hydrogen-bond donors (Lipinski definition) is 0. The molecule has 0 N–H and O–H groups in total. The van der Waals surface area contributed by atoms with Crippen molar-refractivity contribution in [3.05, 3.63) is 29.8 Å². The number of nitrogens with zero attached hydrogens (tertiary/aromatic N) is 1. The molecule has 0 spiro atoms. The van der Waals surface area contributed by atoms with E-state index in [4.69, 9.17) is 4.74 Å². The zero-order valence-electron chi connectivity index (χ0n) is 12.0. The Balaban J connectivity index is 1.70. The van der Waals surface area contributed by atoms with Crippen LogP contribution in [0.3, 0.4) is 0 Å². The molecule has 0 amide bonds. The van der Waals surface area contributed by atoms with Crippen LogP contribution in [0.5, 0.6) is 5.75 Å². The first-order valence-corrected chi connectivity index (χ1v) is 7.74. The summed E-state index contributed by atoms with van der Waals surface area (Å²) in [7, 11) is 1.75. The first-order chi connectivity index (χ1) is 9.36. The van der Waals surface area contributed by atoms with Crippen molar-refractivity contribution in [2.45, 2.75) is 51.1 Å². The maximum Gasteiger partial charge on any atom is 0.119 e. The number of benzene rings is 1. The van der Waals surface area contributed by atoms with E-state index in [2.05, 4.69) is 23.1 Å². The van der Waals surface area contributed by atoms with Crippen molar-refractivity contribution in [2.24, 2.45) is 5.92 Å². The molecule has 2 nitrogen and oxygen atoms in total. The Bertz CT molecular complexity index is 415. The Morgan fingerprint density at radius 2 is 2.00 bits per heavy atom. The lowest BCUT2D eigenvalue weighted by Gasteiger charge is -2.44. The SMILES string of the molecule is COc1cccc(CN2CCCC3CCCCC32)c1. The van der Waals surface area contributed by atoms with Crippen molar-refractivity contribution in [2.75, 3.05) is 13.7 Å². The van der Waals surface area contributed by atoms with Gasteiger partial charge in [0.1, 0.15) is 5.75 Å². The summed E-state index contributed by atoms with van der Waals surface area (Å²) < 4.78 is 5.33. The predicted molar refractivity (Wildman–Crippen MR) is 78.4 cm³/mol. The fraction of sp³-hybridized carbons (Fsp3) is 0.647. The first kappa shape index (κ1) is 13.0. The van der Waals surface area contributed by atoms with E-state index in [1.165, 1.54) is 50.6 Å². The average molecular weight is 259 g/mol. The van der Waals surface area contributed by atoms with Gasteiger partial charge in [-0.25, -0.2) is 0 Å². The molecule has 2 heteroatoms. The number of fused-ring (bicyclic) bond motifs is 1. The summed E-state index contributed by atoms with van der Waals surface area (Å²) in [4.78, 5) is 2.72. The van der Waals surface area contributed by atoms with Gasteiger partial charge >= 0.3 is 0 Å². The highest BCUT2D eigenvalue weighted by molar-refractivity contribution is 5.28. The molecule has 2 unspecified atom stereocenters.